The Bertz CT molecular complexity index is 620. The Morgan fingerprint density at radius 3 is 2.86 bits per heavy atom. The van der Waals surface area contributed by atoms with Crippen LogP contribution in [0.4, 0.5) is 4.39 Å². The van der Waals surface area contributed by atoms with Crippen molar-refractivity contribution < 1.29 is 9.13 Å². The van der Waals surface area contributed by atoms with Crippen molar-refractivity contribution in [3.8, 4) is 5.88 Å². The molecule has 0 spiro atoms. The van der Waals surface area contributed by atoms with Crippen LogP contribution in [-0.2, 0) is 0 Å². The smallest absolute Gasteiger partial charge is 0.232 e. The summed E-state index contributed by atoms with van der Waals surface area (Å²) in [6, 6.07) is 10.3. The summed E-state index contributed by atoms with van der Waals surface area (Å²) in [5.74, 6) is 0.919. The van der Waals surface area contributed by atoms with Crippen molar-refractivity contribution in [1.82, 2.24) is 10.3 Å². The van der Waals surface area contributed by atoms with Gasteiger partial charge in [0.15, 0.2) is 0 Å². The Morgan fingerprint density at radius 2 is 2.09 bits per heavy atom. The van der Waals surface area contributed by atoms with Gasteiger partial charge in [0.05, 0.1) is 6.61 Å². The van der Waals surface area contributed by atoms with Gasteiger partial charge in [0.1, 0.15) is 10.8 Å². The number of ether oxygens (including phenoxy) is 1. The Labute approximate surface area is 134 Å². The minimum absolute atomic E-state index is 0.208. The molecule has 1 aromatic carbocycles. The van der Waals surface area contributed by atoms with Crippen LogP contribution in [0.25, 0.3) is 0 Å². The number of hydrogen-bond acceptors (Lipinski definition) is 3. The minimum atomic E-state index is -0.208. The molecule has 3 rings (SSSR count). The SMILES string of the molecule is Fc1ccc(C2CNCCC2COc2ncccc2Cl)cc1. The predicted octanol–water partition coefficient (Wildman–Crippen LogP) is 3.65. The van der Waals surface area contributed by atoms with Gasteiger partial charge in [-0.2, -0.15) is 0 Å². The van der Waals surface area contributed by atoms with Gasteiger partial charge in [0.25, 0.3) is 0 Å². The van der Waals surface area contributed by atoms with Crippen LogP contribution in [0.1, 0.15) is 17.9 Å². The highest BCUT2D eigenvalue weighted by molar-refractivity contribution is 6.31. The molecule has 1 fully saturated rings. The maximum Gasteiger partial charge on any atom is 0.232 e. The van der Waals surface area contributed by atoms with E-state index < -0.39 is 0 Å². The lowest BCUT2D eigenvalue weighted by molar-refractivity contribution is 0.189. The number of hydrogen-bond donors (Lipinski definition) is 1. The number of rotatable bonds is 4. The van der Waals surface area contributed by atoms with Gasteiger partial charge in [-0.05, 0) is 42.8 Å². The summed E-state index contributed by atoms with van der Waals surface area (Å²) in [5.41, 5.74) is 1.13. The Morgan fingerprint density at radius 1 is 1.27 bits per heavy atom. The standard InChI is InChI=1S/C17H18ClFN2O/c18-16-2-1-8-21-17(16)22-11-13-7-9-20-10-15(13)12-3-5-14(19)6-4-12/h1-6,8,13,15,20H,7,9-11H2. The number of benzene rings is 1. The van der Waals surface area contributed by atoms with E-state index in [1.807, 2.05) is 12.1 Å². The third kappa shape index (κ3) is 3.57. The first-order valence-corrected chi connectivity index (χ1v) is 7.81. The van der Waals surface area contributed by atoms with Crippen molar-refractivity contribution in [1.29, 1.82) is 0 Å². The van der Waals surface area contributed by atoms with Crippen LogP contribution in [0.3, 0.4) is 0 Å². The van der Waals surface area contributed by atoms with Gasteiger partial charge in [0, 0.05) is 24.6 Å². The molecule has 0 bridgehead atoms. The summed E-state index contributed by atoms with van der Waals surface area (Å²) < 4.78 is 18.9. The van der Waals surface area contributed by atoms with E-state index in [4.69, 9.17) is 16.3 Å². The number of pyridine rings is 1. The zero-order chi connectivity index (χ0) is 15.4. The minimum Gasteiger partial charge on any atom is -0.476 e. The third-order valence-electron chi connectivity index (χ3n) is 4.08. The van der Waals surface area contributed by atoms with Crippen LogP contribution in [-0.4, -0.2) is 24.7 Å². The van der Waals surface area contributed by atoms with Crippen LogP contribution >= 0.6 is 11.6 Å². The van der Waals surface area contributed by atoms with E-state index in [1.165, 1.54) is 12.1 Å². The second-order valence-electron chi connectivity index (χ2n) is 5.51. The molecule has 2 atom stereocenters. The summed E-state index contributed by atoms with van der Waals surface area (Å²) in [6.45, 7) is 2.39. The van der Waals surface area contributed by atoms with Crippen molar-refractivity contribution >= 4 is 11.6 Å². The lowest BCUT2D eigenvalue weighted by Crippen LogP contribution is -2.37. The van der Waals surface area contributed by atoms with Gasteiger partial charge in [0.2, 0.25) is 5.88 Å². The number of nitrogens with one attached hydrogen (secondary N) is 1. The van der Waals surface area contributed by atoms with E-state index in [0.717, 1.165) is 25.1 Å². The zero-order valence-electron chi connectivity index (χ0n) is 12.1. The van der Waals surface area contributed by atoms with Crippen molar-refractivity contribution in [2.24, 2.45) is 5.92 Å². The number of piperidine rings is 1. The molecule has 1 aromatic heterocycles. The first kappa shape index (κ1) is 15.3. The molecule has 3 nitrogen and oxygen atoms in total. The van der Waals surface area contributed by atoms with Gasteiger partial charge in [-0.3, -0.25) is 0 Å². The molecule has 1 aliphatic rings. The normalized spacial score (nSPS) is 21.5. The Kier molecular flexibility index (Phi) is 4.90. The summed E-state index contributed by atoms with van der Waals surface area (Å²) >= 11 is 6.07. The van der Waals surface area contributed by atoms with E-state index in [1.54, 1.807) is 18.3 Å². The van der Waals surface area contributed by atoms with Crippen molar-refractivity contribution in [3.05, 3.63) is 59.0 Å². The van der Waals surface area contributed by atoms with Crippen molar-refractivity contribution in [2.45, 2.75) is 12.3 Å². The highest BCUT2D eigenvalue weighted by Gasteiger charge is 2.27. The molecule has 2 aromatic rings. The Balaban J connectivity index is 1.70. The second-order valence-corrected chi connectivity index (χ2v) is 5.92. The van der Waals surface area contributed by atoms with Crippen LogP contribution in [0.5, 0.6) is 5.88 Å². The summed E-state index contributed by atoms with van der Waals surface area (Å²) in [5, 5.41) is 3.92. The van der Waals surface area contributed by atoms with E-state index in [0.29, 0.717) is 29.3 Å². The first-order valence-electron chi connectivity index (χ1n) is 7.43. The maximum absolute atomic E-state index is 13.1. The van der Waals surface area contributed by atoms with Gasteiger partial charge >= 0.3 is 0 Å². The molecule has 0 radical (unpaired) electrons. The molecule has 22 heavy (non-hydrogen) atoms. The average molecular weight is 321 g/mol. The monoisotopic (exact) mass is 320 g/mol. The van der Waals surface area contributed by atoms with E-state index in [9.17, 15) is 4.39 Å². The van der Waals surface area contributed by atoms with Gasteiger partial charge in [-0.15, -0.1) is 0 Å². The molecule has 1 N–H and O–H groups in total. The Hall–Kier alpha value is -1.65. The molecule has 0 aliphatic carbocycles. The summed E-state index contributed by atoms with van der Waals surface area (Å²) in [7, 11) is 0. The third-order valence-corrected chi connectivity index (χ3v) is 4.37. The molecule has 5 heteroatoms. The van der Waals surface area contributed by atoms with Gasteiger partial charge in [-0.25, -0.2) is 9.37 Å². The fourth-order valence-corrected chi connectivity index (χ4v) is 3.05. The number of nitrogens with zero attached hydrogens (tertiary/aromatic N) is 1. The van der Waals surface area contributed by atoms with E-state index in [2.05, 4.69) is 10.3 Å². The van der Waals surface area contributed by atoms with Crippen LogP contribution < -0.4 is 10.1 Å². The molecule has 2 unspecified atom stereocenters. The predicted molar refractivity (Wildman–Crippen MR) is 84.9 cm³/mol. The maximum atomic E-state index is 13.1. The zero-order valence-corrected chi connectivity index (χ0v) is 12.9. The molecule has 0 amide bonds. The molecular formula is C17H18ClFN2O. The fraction of sp³-hybridized carbons (Fsp3) is 0.353. The topological polar surface area (TPSA) is 34.1 Å². The number of aromatic nitrogens is 1. The molecule has 0 saturated carbocycles. The van der Waals surface area contributed by atoms with Gasteiger partial charge in [-0.1, -0.05) is 23.7 Å². The molecular weight excluding hydrogens is 303 g/mol. The van der Waals surface area contributed by atoms with Crippen LogP contribution in [0.15, 0.2) is 42.6 Å². The molecule has 116 valence electrons. The van der Waals surface area contributed by atoms with E-state index in [-0.39, 0.29) is 5.82 Å². The lowest BCUT2D eigenvalue weighted by atomic mass is 9.82. The highest BCUT2D eigenvalue weighted by atomic mass is 35.5. The number of halogens is 2. The molecule has 1 aliphatic heterocycles. The van der Waals surface area contributed by atoms with Gasteiger partial charge < -0.3 is 10.1 Å². The van der Waals surface area contributed by atoms with E-state index >= 15 is 0 Å². The van der Waals surface area contributed by atoms with Crippen LogP contribution in [0, 0.1) is 11.7 Å². The van der Waals surface area contributed by atoms with Crippen molar-refractivity contribution in [3.63, 3.8) is 0 Å². The largest absolute Gasteiger partial charge is 0.476 e. The summed E-state index contributed by atoms with van der Waals surface area (Å²) in [6.07, 6.45) is 2.67. The van der Waals surface area contributed by atoms with Crippen molar-refractivity contribution in [2.75, 3.05) is 19.7 Å². The molecule has 1 saturated heterocycles. The highest BCUT2D eigenvalue weighted by Crippen LogP contribution is 2.31. The molecule has 2 heterocycles. The summed E-state index contributed by atoms with van der Waals surface area (Å²) in [4.78, 5) is 4.15. The lowest BCUT2D eigenvalue weighted by Gasteiger charge is -2.32. The fourth-order valence-electron chi connectivity index (χ4n) is 2.88. The van der Waals surface area contributed by atoms with Crippen LogP contribution in [0.2, 0.25) is 5.02 Å². The first-order chi connectivity index (χ1) is 10.7. The quantitative estimate of drug-likeness (QED) is 0.933. The average Bonchev–Trinajstić information content (AvgIpc) is 2.55. The second kappa shape index (κ2) is 7.07.